The third-order valence-electron chi connectivity index (χ3n) is 2.91. The second-order valence-electron chi connectivity index (χ2n) is 5.06. The fraction of sp³-hybridized carbons (Fsp3) is 0.250. The van der Waals surface area contributed by atoms with Crippen LogP contribution >= 0.6 is 10.7 Å². The Bertz CT molecular complexity index is 669. The van der Waals surface area contributed by atoms with Crippen LogP contribution in [-0.4, -0.2) is 36.6 Å². The number of halogens is 1. The molecule has 2 rings (SSSR count). The predicted octanol–water partition coefficient (Wildman–Crippen LogP) is 3.43. The van der Waals surface area contributed by atoms with Gasteiger partial charge in [0.2, 0.25) is 0 Å². The Morgan fingerprint density at radius 2 is 1.14 bits per heavy atom. The number of anilines is 2. The van der Waals surface area contributed by atoms with E-state index in [-0.39, 0.29) is 4.90 Å². The summed E-state index contributed by atoms with van der Waals surface area (Å²) in [4.78, 5) is 4.09. The fourth-order valence-corrected chi connectivity index (χ4v) is 2.40. The van der Waals surface area contributed by atoms with E-state index in [0.717, 1.165) is 5.69 Å². The fourth-order valence-electron chi connectivity index (χ4n) is 1.63. The van der Waals surface area contributed by atoms with Gasteiger partial charge in [0.15, 0.2) is 0 Å². The predicted molar refractivity (Wildman–Crippen MR) is 94.6 cm³/mol. The van der Waals surface area contributed by atoms with Gasteiger partial charge in [0.1, 0.15) is 0 Å². The third-order valence-corrected chi connectivity index (χ3v) is 4.28. The van der Waals surface area contributed by atoms with Gasteiger partial charge in [0, 0.05) is 50.2 Å². The number of para-hydroxylation sites is 1. The largest absolute Gasteiger partial charge is 0.378 e. The molecule has 0 aromatic heterocycles. The van der Waals surface area contributed by atoms with Crippen molar-refractivity contribution in [3.63, 3.8) is 0 Å². The van der Waals surface area contributed by atoms with E-state index in [4.69, 9.17) is 10.7 Å². The van der Waals surface area contributed by atoms with Crippen LogP contribution in [0.25, 0.3) is 0 Å². The zero-order valence-corrected chi connectivity index (χ0v) is 14.8. The summed E-state index contributed by atoms with van der Waals surface area (Å²) in [5.74, 6) is 0. The van der Waals surface area contributed by atoms with Crippen LogP contribution in [0.3, 0.4) is 0 Å². The number of nitrogens with zero attached hydrogens (tertiary/aromatic N) is 2. The van der Waals surface area contributed by atoms with Crippen LogP contribution < -0.4 is 9.80 Å². The lowest BCUT2D eigenvalue weighted by Gasteiger charge is -2.11. The van der Waals surface area contributed by atoms with Gasteiger partial charge in [-0.1, -0.05) is 18.2 Å². The lowest BCUT2D eigenvalue weighted by atomic mass is 10.3. The average Bonchev–Trinajstić information content (AvgIpc) is 2.48. The standard InChI is InChI=1S/C8H10ClNO2S.C8H11N/c1-10(2)7-3-5-8(6-4-7)13(9,11)12;1-9(2)8-6-4-3-5-7-8/h3-6H,1-2H3;3-7H,1-2H3. The normalized spacial score (nSPS) is 10.4. The van der Waals surface area contributed by atoms with Crippen LogP contribution in [0, 0.1) is 0 Å². The van der Waals surface area contributed by atoms with Gasteiger partial charge in [0.05, 0.1) is 4.90 Å². The van der Waals surface area contributed by atoms with Crippen LogP contribution in [0.15, 0.2) is 59.5 Å². The maximum Gasteiger partial charge on any atom is 0.261 e. The zero-order chi connectivity index (χ0) is 16.8. The summed E-state index contributed by atoms with van der Waals surface area (Å²) in [6.45, 7) is 0. The Labute approximate surface area is 137 Å². The van der Waals surface area contributed by atoms with Crippen molar-refractivity contribution in [1.82, 2.24) is 0 Å². The van der Waals surface area contributed by atoms with Crippen LogP contribution in [0.1, 0.15) is 0 Å². The van der Waals surface area contributed by atoms with E-state index < -0.39 is 9.05 Å². The highest BCUT2D eigenvalue weighted by molar-refractivity contribution is 8.13. The van der Waals surface area contributed by atoms with Gasteiger partial charge in [-0.2, -0.15) is 0 Å². The minimum atomic E-state index is -3.59. The molecule has 0 fully saturated rings. The quantitative estimate of drug-likeness (QED) is 0.803. The number of rotatable bonds is 3. The van der Waals surface area contributed by atoms with Gasteiger partial charge in [-0.3, -0.25) is 0 Å². The molecule has 6 heteroatoms. The molecule has 2 aromatic carbocycles. The first-order chi connectivity index (χ1) is 10.2. The van der Waals surface area contributed by atoms with E-state index >= 15 is 0 Å². The molecule has 0 aliphatic rings. The molecule has 0 saturated carbocycles. The Balaban J connectivity index is 0.000000235. The minimum absolute atomic E-state index is 0.125. The molecule has 0 heterocycles. The van der Waals surface area contributed by atoms with E-state index in [1.165, 1.54) is 17.8 Å². The summed E-state index contributed by atoms with van der Waals surface area (Å²) in [5, 5.41) is 0. The minimum Gasteiger partial charge on any atom is -0.378 e. The van der Waals surface area contributed by atoms with Crippen molar-refractivity contribution >= 4 is 31.1 Å². The van der Waals surface area contributed by atoms with Crippen LogP contribution in [0.2, 0.25) is 0 Å². The monoisotopic (exact) mass is 340 g/mol. The van der Waals surface area contributed by atoms with Crippen molar-refractivity contribution in [2.45, 2.75) is 4.90 Å². The van der Waals surface area contributed by atoms with Crippen molar-refractivity contribution in [2.24, 2.45) is 0 Å². The molecule has 0 bridgehead atoms. The first kappa shape index (κ1) is 18.3. The average molecular weight is 341 g/mol. The van der Waals surface area contributed by atoms with Crippen molar-refractivity contribution in [3.8, 4) is 0 Å². The molecule has 0 spiro atoms. The van der Waals surface area contributed by atoms with Crippen LogP contribution in [0.4, 0.5) is 11.4 Å². The second-order valence-corrected chi connectivity index (χ2v) is 7.62. The van der Waals surface area contributed by atoms with Crippen LogP contribution in [-0.2, 0) is 9.05 Å². The maximum absolute atomic E-state index is 10.9. The smallest absolute Gasteiger partial charge is 0.261 e. The number of hydrogen-bond acceptors (Lipinski definition) is 4. The Kier molecular flexibility index (Phi) is 6.71. The highest BCUT2D eigenvalue weighted by Crippen LogP contribution is 2.18. The van der Waals surface area contributed by atoms with Crippen molar-refractivity contribution in [2.75, 3.05) is 38.0 Å². The molecule has 0 saturated heterocycles. The molecular weight excluding hydrogens is 320 g/mol. The Hall–Kier alpha value is -1.72. The summed E-state index contributed by atoms with van der Waals surface area (Å²) >= 11 is 0. The number of hydrogen-bond donors (Lipinski definition) is 0. The van der Waals surface area contributed by atoms with Crippen molar-refractivity contribution < 1.29 is 8.42 Å². The summed E-state index contributed by atoms with van der Waals surface area (Å²) in [6, 6.07) is 16.6. The van der Waals surface area contributed by atoms with Gasteiger partial charge in [-0.25, -0.2) is 8.42 Å². The molecule has 0 atom stereocenters. The van der Waals surface area contributed by atoms with E-state index in [0.29, 0.717) is 0 Å². The molecule has 120 valence electrons. The molecule has 22 heavy (non-hydrogen) atoms. The molecule has 0 aliphatic carbocycles. The third kappa shape index (κ3) is 5.95. The second kappa shape index (κ2) is 8.06. The molecule has 0 N–H and O–H groups in total. The Morgan fingerprint density at radius 3 is 1.45 bits per heavy atom. The lowest BCUT2D eigenvalue weighted by Crippen LogP contribution is -2.08. The highest BCUT2D eigenvalue weighted by Gasteiger charge is 2.08. The molecule has 0 amide bonds. The molecule has 0 radical (unpaired) electrons. The van der Waals surface area contributed by atoms with Gasteiger partial charge in [-0.05, 0) is 36.4 Å². The van der Waals surface area contributed by atoms with Gasteiger partial charge >= 0.3 is 0 Å². The van der Waals surface area contributed by atoms with Gasteiger partial charge in [0.25, 0.3) is 9.05 Å². The van der Waals surface area contributed by atoms with E-state index in [1.54, 1.807) is 12.1 Å². The molecule has 4 nitrogen and oxygen atoms in total. The molecule has 0 unspecified atom stereocenters. The number of benzene rings is 2. The molecule has 2 aromatic rings. The summed E-state index contributed by atoms with van der Waals surface area (Å²) < 4.78 is 21.7. The maximum atomic E-state index is 10.9. The topological polar surface area (TPSA) is 40.6 Å². The summed E-state index contributed by atoms with van der Waals surface area (Å²) in [6.07, 6.45) is 0. The van der Waals surface area contributed by atoms with Gasteiger partial charge < -0.3 is 9.80 Å². The molecular formula is C16H21ClN2O2S. The highest BCUT2D eigenvalue weighted by atomic mass is 35.7. The summed E-state index contributed by atoms with van der Waals surface area (Å²) in [7, 11) is 9.39. The van der Waals surface area contributed by atoms with Crippen molar-refractivity contribution in [3.05, 3.63) is 54.6 Å². The van der Waals surface area contributed by atoms with Crippen LogP contribution in [0.5, 0.6) is 0 Å². The molecule has 0 aliphatic heterocycles. The summed E-state index contributed by atoms with van der Waals surface area (Å²) in [5.41, 5.74) is 2.18. The Morgan fingerprint density at radius 1 is 0.727 bits per heavy atom. The van der Waals surface area contributed by atoms with E-state index in [1.807, 2.05) is 51.3 Å². The first-order valence-corrected chi connectivity index (χ1v) is 8.97. The lowest BCUT2D eigenvalue weighted by molar-refractivity contribution is 0.609. The SMILES string of the molecule is CN(C)c1ccc(S(=O)(=O)Cl)cc1.CN(C)c1ccccc1. The van der Waals surface area contributed by atoms with E-state index in [2.05, 4.69) is 17.0 Å². The first-order valence-electron chi connectivity index (χ1n) is 6.66. The van der Waals surface area contributed by atoms with Crippen molar-refractivity contribution in [1.29, 1.82) is 0 Å². The zero-order valence-electron chi connectivity index (χ0n) is 13.2. The van der Waals surface area contributed by atoms with E-state index in [9.17, 15) is 8.42 Å². The van der Waals surface area contributed by atoms with Gasteiger partial charge in [-0.15, -0.1) is 0 Å².